The second-order valence-corrected chi connectivity index (χ2v) is 6.12. The van der Waals surface area contributed by atoms with Crippen LogP contribution in [0.25, 0.3) is 0 Å². The summed E-state index contributed by atoms with van der Waals surface area (Å²) < 4.78 is 12.3. The van der Waals surface area contributed by atoms with Crippen molar-refractivity contribution in [3.8, 4) is 11.8 Å². The van der Waals surface area contributed by atoms with Crippen molar-refractivity contribution in [1.29, 1.82) is 0 Å². The molecule has 1 aliphatic heterocycles. The van der Waals surface area contributed by atoms with Crippen molar-refractivity contribution in [3.05, 3.63) is 36.2 Å². The molecule has 0 saturated carbocycles. The second-order valence-electron chi connectivity index (χ2n) is 6.12. The number of pyridine rings is 1. The monoisotopic (exact) mass is 344 g/mol. The first-order valence-electron chi connectivity index (χ1n) is 8.60. The Morgan fingerprint density at radius 1 is 1.28 bits per heavy atom. The number of piperidine rings is 1. The summed E-state index contributed by atoms with van der Waals surface area (Å²) in [6, 6.07) is 5.54. The van der Waals surface area contributed by atoms with Crippen LogP contribution in [0.2, 0.25) is 0 Å². The molecule has 2 aromatic heterocycles. The van der Waals surface area contributed by atoms with Crippen molar-refractivity contribution >= 4 is 5.91 Å². The highest BCUT2D eigenvalue weighted by atomic mass is 16.5. The fraction of sp³-hybridized carbons (Fsp3) is 0.500. The molecule has 7 heteroatoms. The third-order valence-corrected chi connectivity index (χ3v) is 4.61. The van der Waals surface area contributed by atoms with E-state index in [9.17, 15) is 4.79 Å². The molecule has 25 heavy (non-hydrogen) atoms. The fourth-order valence-corrected chi connectivity index (χ4v) is 3.29. The summed E-state index contributed by atoms with van der Waals surface area (Å²) in [5, 5.41) is 4.24. The van der Waals surface area contributed by atoms with Crippen LogP contribution in [0.15, 0.2) is 30.6 Å². The van der Waals surface area contributed by atoms with Crippen molar-refractivity contribution in [2.45, 2.75) is 38.3 Å². The van der Waals surface area contributed by atoms with Crippen molar-refractivity contribution in [2.24, 2.45) is 0 Å². The molecule has 0 aliphatic carbocycles. The number of amides is 1. The van der Waals surface area contributed by atoms with Gasteiger partial charge in [-0.3, -0.25) is 9.48 Å². The van der Waals surface area contributed by atoms with Gasteiger partial charge >= 0.3 is 0 Å². The lowest BCUT2D eigenvalue weighted by atomic mass is 9.98. The number of aryl methyl sites for hydroxylation is 1. The van der Waals surface area contributed by atoms with Crippen LogP contribution in [-0.2, 0) is 6.54 Å². The Balaban J connectivity index is 1.76. The molecule has 1 amide bonds. The summed E-state index contributed by atoms with van der Waals surface area (Å²) in [5.74, 6) is 0.709. The van der Waals surface area contributed by atoms with Crippen LogP contribution in [0, 0.1) is 0 Å². The van der Waals surface area contributed by atoms with E-state index in [0.29, 0.717) is 17.3 Å². The lowest BCUT2D eigenvalue weighted by Crippen LogP contribution is -2.44. The van der Waals surface area contributed by atoms with Crippen molar-refractivity contribution < 1.29 is 14.3 Å². The van der Waals surface area contributed by atoms with Gasteiger partial charge in [0, 0.05) is 37.6 Å². The first kappa shape index (κ1) is 17.3. The van der Waals surface area contributed by atoms with Crippen LogP contribution in [0.4, 0.5) is 0 Å². The molecule has 1 aliphatic rings. The molecule has 3 heterocycles. The average molecular weight is 344 g/mol. The molecule has 0 aromatic carbocycles. The number of carbonyl (C=O) groups excluding carboxylic acids is 1. The minimum absolute atomic E-state index is 0.0304. The Morgan fingerprint density at radius 3 is 2.88 bits per heavy atom. The van der Waals surface area contributed by atoms with Gasteiger partial charge < -0.3 is 14.4 Å². The zero-order valence-electron chi connectivity index (χ0n) is 14.7. The molecule has 1 atom stereocenters. The number of aromatic nitrogens is 3. The second kappa shape index (κ2) is 8.00. The third kappa shape index (κ3) is 3.92. The molecule has 0 unspecified atom stereocenters. The van der Waals surface area contributed by atoms with E-state index in [1.54, 1.807) is 25.4 Å². The highest BCUT2D eigenvalue weighted by molar-refractivity contribution is 5.96. The average Bonchev–Trinajstić information content (AvgIpc) is 3.19. The standard InChI is InChI=1S/C18H24N4O3/c1-24-16-8-7-15(17(20-16)25-2)18(23)22-12-4-3-6-14(22)9-13-21-11-5-10-19-21/h5,7-8,10-11,14H,3-4,6,9,12-13H2,1-2H3/t14-/m0/s1. The van der Waals surface area contributed by atoms with Crippen LogP contribution in [0.5, 0.6) is 11.8 Å². The lowest BCUT2D eigenvalue weighted by Gasteiger charge is -2.36. The molecule has 3 rings (SSSR count). The first-order chi connectivity index (χ1) is 12.2. The van der Waals surface area contributed by atoms with Gasteiger partial charge in [-0.1, -0.05) is 0 Å². The summed E-state index contributed by atoms with van der Waals surface area (Å²) in [6.45, 7) is 1.57. The number of hydrogen-bond acceptors (Lipinski definition) is 5. The normalized spacial score (nSPS) is 17.4. The van der Waals surface area contributed by atoms with Crippen LogP contribution in [-0.4, -0.2) is 52.4 Å². The maximum absolute atomic E-state index is 13.1. The fourth-order valence-electron chi connectivity index (χ4n) is 3.29. The Morgan fingerprint density at radius 2 is 2.16 bits per heavy atom. The number of methoxy groups -OCH3 is 2. The molecule has 0 bridgehead atoms. The largest absolute Gasteiger partial charge is 0.481 e. The summed E-state index contributed by atoms with van der Waals surface area (Å²) in [4.78, 5) is 19.3. The highest BCUT2D eigenvalue weighted by Crippen LogP contribution is 2.26. The quantitative estimate of drug-likeness (QED) is 0.805. The maximum atomic E-state index is 13.1. The predicted molar refractivity (Wildman–Crippen MR) is 92.9 cm³/mol. The number of rotatable bonds is 6. The zero-order chi connectivity index (χ0) is 17.6. The molecular weight excluding hydrogens is 320 g/mol. The zero-order valence-corrected chi connectivity index (χ0v) is 14.7. The van der Waals surface area contributed by atoms with Crippen LogP contribution in [0.3, 0.4) is 0 Å². The molecular formula is C18H24N4O3. The van der Waals surface area contributed by atoms with Gasteiger partial charge in [0.15, 0.2) is 0 Å². The number of nitrogens with zero attached hydrogens (tertiary/aromatic N) is 4. The Hall–Kier alpha value is -2.57. The van der Waals surface area contributed by atoms with Crippen LogP contribution < -0.4 is 9.47 Å². The predicted octanol–water partition coefficient (Wildman–Crippen LogP) is 2.38. The molecule has 2 aromatic rings. The SMILES string of the molecule is COc1ccc(C(=O)N2CCCC[C@H]2CCn2cccn2)c(OC)n1. The molecule has 0 N–H and O–H groups in total. The number of likely N-dealkylation sites (tertiary alicyclic amines) is 1. The van der Waals surface area contributed by atoms with E-state index in [0.717, 1.165) is 38.8 Å². The van der Waals surface area contributed by atoms with E-state index < -0.39 is 0 Å². The summed E-state index contributed by atoms with van der Waals surface area (Å²) in [6.07, 6.45) is 7.79. The van der Waals surface area contributed by atoms with E-state index in [1.807, 2.05) is 21.8 Å². The van der Waals surface area contributed by atoms with Crippen LogP contribution in [0.1, 0.15) is 36.0 Å². The van der Waals surface area contributed by atoms with Crippen molar-refractivity contribution in [1.82, 2.24) is 19.7 Å². The van der Waals surface area contributed by atoms with E-state index in [1.165, 1.54) is 7.11 Å². The van der Waals surface area contributed by atoms with E-state index in [2.05, 4.69) is 10.1 Å². The van der Waals surface area contributed by atoms with Crippen molar-refractivity contribution in [2.75, 3.05) is 20.8 Å². The Bertz CT molecular complexity index is 702. The van der Waals surface area contributed by atoms with Gasteiger partial charge in [0.25, 0.3) is 5.91 Å². The van der Waals surface area contributed by atoms with Gasteiger partial charge in [-0.05, 0) is 37.8 Å². The van der Waals surface area contributed by atoms with E-state index in [-0.39, 0.29) is 11.9 Å². The third-order valence-electron chi connectivity index (χ3n) is 4.61. The van der Waals surface area contributed by atoms with Gasteiger partial charge in [0.1, 0.15) is 5.56 Å². The Labute approximate surface area is 147 Å². The minimum Gasteiger partial charge on any atom is -0.481 e. The molecule has 1 fully saturated rings. The first-order valence-corrected chi connectivity index (χ1v) is 8.60. The van der Waals surface area contributed by atoms with Gasteiger partial charge in [0.2, 0.25) is 11.8 Å². The van der Waals surface area contributed by atoms with Gasteiger partial charge in [-0.25, -0.2) is 0 Å². The molecule has 7 nitrogen and oxygen atoms in total. The van der Waals surface area contributed by atoms with Gasteiger partial charge in [-0.2, -0.15) is 10.1 Å². The van der Waals surface area contributed by atoms with E-state index >= 15 is 0 Å². The topological polar surface area (TPSA) is 69.5 Å². The van der Waals surface area contributed by atoms with Crippen molar-refractivity contribution in [3.63, 3.8) is 0 Å². The summed E-state index contributed by atoms with van der Waals surface area (Å²) in [7, 11) is 3.06. The smallest absolute Gasteiger partial charge is 0.259 e. The molecule has 134 valence electrons. The lowest BCUT2D eigenvalue weighted by molar-refractivity contribution is 0.0589. The molecule has 0 radical (unpaired) electrons. The minimum atomic E-state index is -0.0304. The summed E-state index contributed by atoms with van der Waals surface area (Å²) >= 11 is 0. The van der Waals surface area contributed by atoms with Crippen LogP contribution >= 0.6 is 0 Å². The molecule has 1 saturated heterocycles. The molecule has 0 spiro atoms. The number of ether oxygens (including phenoxy) is 2. The van der Waals surface area contributed by atoms with Gasteiger partial charge in [0.05, 0.1) is 14.2 Å². The van der Waals surface area contributed by atoms with E-state index in [4.69, 9.17) is 9.47 Å². The maximum Gasteiger partial charge on any atom is 0.259 e. The Kier molecular flexibility index (Phi) is 5.53. The van der Waals surface area contributed by atoms with Gasteiger partial charge in [-0.15, -0.1) is 0 Å². The number of hydrogen-bond donors (Lipinski definition) is 0. The highest BCUT2D eigenvalue weighted by Gasteiger charge is 2.29. The number of carbonyl (C=O) groups is 1. The summed E-state index contributed by atoms with van der Waals surface area (Å²) in [5.41, 5.74) is 0.481.